The molecule has 0 amide bonds. The maximum atomic E-state index is 12.0. The van der Waals surface area contributed by atoms with E-state index in [0.29, 0.717) is 16.5 Å². The number of fused-ring (bicyclic) bond motifs is 1. The number of benzene rings is 1. The molecular weight excluding hydrogens is 274 g/mol. The third-order valence-electron chi connectivity index (χ3n) is 2.91. The van der Waals surface area contributed by atoms with Gasteiger partial charge in [-0.2, -0.15) is 10.3 Å². The predicted molar refractivity (Wildman–Crippen MR) is 72.0 cm³/mol. The smallest absolute Gasteiger partial charge is 0.287 e. The second kappa shape index (κ2) is 5.12. The van der Waals surface area contributed by atoms with Gasteiger partial charge >= 0.3 is 0 Å². The summed E-state index contributed by atoms with van der Waals surface area (Å²) in [5.74, 6) is -0.498. The highest BCUT2D eigenvalue weighted by molar-refractivity contribution is 5.87. The largest absolute Gasteiger partial charge is 0.861 e. The number of aromatic nitrogens is 6. The van der Waals surface area contributed by atoms with Crippen molar-refractivity contribution < 1.29 is 5.11 Å². The summed E-state index contributed by atoms with van der Waals surface area (Å²) in [5.41, 5.74) is 0.266. The van der Waals surface area contributed by atoms with Gasteiger partial charge < -0.3 is 5.11 Å². The molecule has 2 aromatic heterocycles. The molecule has 1 aromatic carbocycles. The second-order valence-electron chi connectivity index (χ2n) is 4.32. The molecule has 0 aliphatic carbocycles. The van der Waals surface area contributed by atoms with E-state index in [1.54, 1.807) is 31.3 Å². The van der Waals surface area contributed by atoms with E-state index in [1.807, 2.05) is 0 Å². The zero-order valence-corrected chi connectivity index (χ0v) is 11.0. The van der Waals surface area contributed by atoms with Crippen LogP contribution in [-0.4, -0.2) is 36.3 Å². The Kier molecular flexibility index (Phi) is 3.14. The lowest BCUT2D eigenvalue weighted by Gasteiger charge is -2.11. The van der Waals surface area contributed by atoms with Crippen LogP contribution in [0.3, 0.4) is 0 Å². The number of nitrogens with one attached hydrogen (secondary N) is 1. The summed E-state index contributed by atoms with van der Waals surface area (Å²) in [5, 5.41) is 29.9. The van der Waals surface area contributed by atoms with Gasteiger partial charge in [-0.25, -0.2) is 9.67 Å². The molecule has 2 heterocycles. The number of aromatic amines is 1. The van der Waals surface area contributed by atoms with Gasteiger partial charge in [0.1, 0.15) is 0 Å². The monoisotopic (exact) mass is 284 g/mol. The summed E-state index contributed by atoms with van der Waals surface area (Å²) >= 11 is 0. The van der Waals surface area contributed by atoms with Crippen LogP contribution in [0.4, 0.5) is 5.95 Å². The molecule has 0 fully saturated rings. The van der Waals surface area contributed by atoms with Crippen molar-refractivity contribution in [1.29, 1.82) is 0 Å². The number of aryl methyl sites for hydroxylation is 1. The normalized spacial score (nSPS) is 12.0. The third kappa shape index (κ3) is 2.48. The highest BCUT2D eigenvalue weighted by Crippen LogP contribution is 2.13. The first kappa shape index (κ1) is 12.9. The van der Waals surface area contributed by atoms with Gasteiger partial charge in [0, 0.05) is 18.9 Å². The fraction of sp³-hybridized carbons (Fsp3) is 0.167. The average Bonchev–Trinajstić information content (AvgIpc) is 2.97. The first-order valence-corrected chi connectivity index (χ1v) is 6.08. The highest BCUT2D eigenvalue weighted by atomic mass is 16.3. The van der Waals surface area contributed by atoms with Crippen molar-refractivity contribution in [3.05, 3.63) is 40.3 Å². The number of aliphatic imine (C=N–C) groups is 1. The van der Waals surface area contributed by atoms with Crippen molar-refractivity contribution in [1.82, 2.24) is 30.4 Å². The molecule has 9 nitrogen and oxygen atoms in total. The van der Waals surface area contributed by atoms with Gasteiger partial charge in [-0.05, 0) is 17.2 Å². The van der Waals surface area contributed by atoms with Gasteiger partial charge in [-0.15, -0.1) is 5.10 Å². The molecule has 106 valence electrons. The molecule has 0 saturated carbocycles. The molecule has 1 N–H and O–H groups in total. The second-order valence-corrected chi connectivity index (χ2v) is 4.32. The standard InChI is InChI=1S/C12H11N7O2/c1-19-11(21)8-5-3-2-4-7(8)9(16-19)6-10(20)13-12-14-17-18-15-12/h2-5H,6H2,1H3,(H2,13,14,15,17,18,20)/p-1. The van der Waals surface area contributed by atoms with Gasteiger partial charge in [0.15, 0.2) is 0 Å². The van der Waals surface area contributed by atoms with Crippen LogP contribution in [0.1, 0.15) is 5.69 Å². The summed E-state index contributed by atoms with van der Waals surface area (Å²) in [4.78, 5) is 15.7. The molecule has 0 saturated heterocycles. The maximum absolute atomic E-state index is 12.0. The van der Waals surface area contributed by atoms with Crippen LogP contribution in [0.5, 0.6) is 0 Å². The predicted octanol–water partition coefficient (Wildman–Crippen LogP) is -0.920. The van der Waals surface area contributed by atoms with Crippen LogP contribution in [0, 0.1) is 0 Å². The molecule has 0 atom stereocenters. The van der Waals surface area contributed by atoms with Crippen LogP contribution in [0.2, 0.25) is 0 Å². The molecule has 0 aliphatic rings. The zero-order chi connectivity index (χ0) is 14.8. The molecule has 3 rings (SSSR count). The van der Waals surface area contributed by atoms with E-state index in [4.69, 9.17) is 0 Å². The fourth-order valence-corrected chi connectivity index (χ4v) is 2.00. The van der Waals surface area contributed by atoms with Gasteiger partial charge in [0.05, 0.1) is 11.1 Å². The minimum absolute atomic E-state index is 0.0332. The third-order valence-corrected chi connectivity index (χ3v) is 2.91. The summed E-state index contributed by atoms with van der Waals surface area (Å²) in [6.07, 6.45) is -0.0524. The topological polar surface area (TPSA) is 125 Å². The average molecular weight is 284 g/mol. The SMILES string of the molecule is Cn1nc(CC([O-])=Nc2nn[nH]n2)c2ccccc2c1=O. The highest BCUT2D eigenvalue weighted by Gasteiger charge is 2.08. The lowest BCUT2D eigenvalue weighted by atomic mass is 10.1. The van der Waals surface area contributed by atoms with E-state index in [1.165, 1.54) is 4.68 Å². The van der Waals surface area contributed by atoms with Crippen molar-refractivity contribution in [3.8, 4) is 0 Å². The number of hydrogen-bond donors (Lipinski definition) is 1. The van der Waals surface area contributed by atoms with Gasteiger partial charge in [-0.1, -0.05) is 23.3 Å². The van der Waals surface area contributed by atoms with Crippen LogP contribution in [0.15, 0.2) is 34.1 Å². The van der Waals surface area contributed by atoms with E-state index < -0.39 is 5.90 Å². The Morgan fingerprint density at radius 3 is 2.86 bits per heavy atom. The van der Waals surface area contributed by atoms with Crippen LogP contribution >= 0.6 is 0 Å². The molecule has 0 unspecified atom stereocenters. The molecule has 0 aliphatic heterocycles. The zero-order valence-electron chi connectivity index (χ0n) is 11.0. The Morgan fingerprint density at radius 1 is 1.38 bits per heavy atom. The van der Waals surface area contributed by atoms with E-state index in [9.17, 15) is 9.90 Å². The minimum Gasteiger partial charge on any atom is -0.861 e. The van der Waals surface area contributed by atoms with E-state index in [0.717, 1.165) is 0 Å². The van der Waals surface area contributed by atoms with Gasteiger partial charge in [0.2, 0.25) is 0 Å². The summed E-state index contributed by atoms with van der Waals surface area (Å²) in [7, 11) is 1.54. The number of nitrogens with zero attached hydrogens (tertiary/aromatic N) is 6. The lowest BCUT2D eigenvalue weighted by Crippen LogP contribution is -2.25. The molecule has 21 heavy (non-hydrogen) atoms. The number of hydrogen-bond acceptors (Lipinski definition) is 7. The Hall–Kier alpha value is -3.10. The first-order chi connectivity index (χ1) is 10.1. The Balaban J connectivity index is 2.05. The lowest BCUT2D eigenvalue weighted by molar-refractivity contribution is -0.217. The minimum atomic E-state index is -0.465. The molecule has 9 heteroatoms. The van der Waals surface area contributed by atoms with Crippen molar-refractivity contribution in [2.75, 3.05) is 0 Å². The van der Waals surface area contributed by atoms with Crippen molar-refractivity contribution >= 4 is 22.6 Å². The fourth-order valence-electron chi connectivity index (χ4n) is 2.00. The molecule has 0 bridgehead atoms. The Bertz CT molecular complexity index is 867. The number of rotatable bonds is 3. The molecule has 0 spiro atoms. The van der Waals surface area contributed by atoms with Crippen LogP contribution < -0.4 is 10.7 Å². The van der Waals surface area contributed by atoms with Crippen molar-refractivity contribution in [2.24, 2.45) is 12.0 Å². The molecule has 3 aromatic rings. The molecular formula is C12H10N7O2-. The maximum Gasteiger partial charge on any atom is 0.287 e. The number of H-pyrrole nitrogens is 1. The van der Waals surface area contributed by atoms with Crippen molar-refractivity contribution in [3.63, 3.8) is 0 Å². The van der Waals surface area contributed by atoms with Gasteiger partial charge in [0.25, 0.3) is 11.5 Å². The first-order valence-electron chi connectivity index (χ1n) is 6.08. The summed E-state index contributed by atoms with van der Waals surface area (Å²) in [6.45, 7) is 0. The van der Waals surface area contributed by atoms with E-state index >= 15 is 0 Å². The summed E-state index contributed by atoms with van der Waals surface area (Å²) < 4.78 is 1.21. The molecule has 0 radical (unpaired) electrons. The quantitative estimate of drug-likeness (QED) is 0.490. The number of tetrazole rings is 1. The Morgan fingerprint density at radius 2 is 2.14 bits per heavy atom. The van der Waals surface area contributed by atoms with Gasteiger partial charge in [-0.3, -0.25) is 4.79 Å². The van der Waals surface area contributed by atoms with Crippen LogP contribution in [-0.2, 0) is 13.5 Å². The van der Waals surface area contributed by atoms with Crippen molar-refractivity contribution in [2.45, 2.75) is 6.42 Å². The van der Waals surface area contributed by atoms with Crippen LogP contribution in [0.25, 0.3) is 10.8 Å². The van der Waals surface area contributed by atoms with E-state index in [-0.39, 0.29) is 17.9 Å². The Labute approximate surface area is 118 Å². The summed E-state index contributed by atoms with van der Waals surface area (Å²) in [6, 6.07) is 7.00. The van der Waals surface area contributed by atoms with E-state index in [2.05, 4.69) is 30.7 Å².